The number of rotatable bonds is 8. The summed E-state index contributed by atoms with van der Waals surface area (Å²) >= 11 is 0. The molecule has 1 aliphatic rings. The van der Waals surface area contributed by atoms with Crippen LogP contribution in [0.25, 0.3) is 0 Å². The number of carbonyl (C=O) groups is 1. The van der Waals surface area contributed by atoms with Crippen molar-refractivity contribution >= 4 is 11.9 Å². The maximum Gasteiger partial charge on any atom is 0.318 e. The van der Waals surface area contributed by atoms with E-state index in [0.29, 0.717) is 31.0 Å². The Kier molecular flexibility index (Phi) is 4.73. The van der Waals surface area contributed by atoms with Crippen molar-refractivity contribution in [2.45, 2.75) is 38.8 Å². The molecular formula is C12H21N5O2. The van der Waals surface area contributed by atoms with Gasteiger partial charge in [0.05, 0.1) is 6.54 Å². The number of carbonyl (C=O) groups excluding carboxylic acids is 1. The number of amides is 1. The number of nitrogens with one attached hydrogen (secondary N) is 2. The van der Waals surface area contributed by atoms with Crippen LogP contribution < -0.4 is 15.5 Å². The highest BCUT2D eigenvalue weighted by Crippen LogP contribution is 2.19. The van der Waals surface area contributed by atoms with E-state index < -0.39 is 0 Å². The van der Waals surface area contributed by atoms with Gasteiger partial charge in [0.25, 0.3) is 0 Å². The molecule has 0 unspecified atom stereocenters. The minimum Gasteiger partial charge on any atom is -0.407 e. The van der Waals surface area contributed by atoms with E-state index in [1.165, 1.54) is 12.8 Å². The van der Waals surface area contributed by atoms with Crippen LogP contribution in [0.4, 0.5) is 6.01 Å². The average Bonchev–Trinajstić information content (AvgIpc) is 3.13. The minimum atomic E-state index is -0.0655. The van der Waals surface area contributed by atoms with E-state index in [9.17, 15) is 4.79 Å². The van der Waals surface area contributed by atoms with Crippen LogP contribution in [0.15, 0.2) is 4.42 Å². The zero-order valence-electron chi connectivity index (χ0n) is 11.5. The van der Waals surface area contributed by atoms with E-state index in [-0.39, 0.29) is 12.5 Å². The first-order valence-electron chi connectivity index (χ1n) is 6.74. The molecule has 1 amide bonds. The van der Waals surface area contributed by atoms with Crippen molar-refractivity contribution in [2.24, 2.45) is 0 Å². The van der Waals surface area contributed by atoms with E-state index in [1.807, 2.05) is 6.92 Å². The van der Waals surface area contributed by atoms with Gasteiger partial charge in [-0.05, 0) is 19.3 Å². The largest absolute Gasteiger partial charge is 0.407 e. The van der Waals surface area contributed by atoms with E-state index in [2.05, 4.69) is 20.8 Å². The monoisotopic (exact) mass is 267 g/mol. The highest BCUT2D eigenvalue weighted by molar-refractivity contribution is 5.80. The quantitative estimate of drug-likeness (QED) is 0.704. The Morgan fingerprint density at radius 2 is 2.26 bits per heavy atom. The predicted octanol–water partition coefficient (Wildman–Crippen LogP) is 0.284. The van der Waals surface area contributed by atoms with Crippen LogP contribution in [-0.4, -0.2) is 42.3 Å². The van der Waals surface area contributed by atoms with Gasteiger partial charge in [-0.15, -0.1) is 5.10 Å². The first-order valence-corrected chi connectivity index (χ1v) is 6.74. The maximum absolute atomic E-state index is 11.4. The van der Waals surface area contributed by atoms with Crippen LogP contribution in [0.3, 0.4) is 0 Å². The molecule has 1 aliphatic carbocycles. The van der Waals surface area contributed by atoms with E-state index in [4.69, 9.17) is 4.42 Å². The van der Waals surface area contributed by atoms with Gasteiger partial charge in [-0.1, -0.05) is 12.0 Å². The summed E-state index contributed by atoms with van der Waals surface area (Å²) in [7, 11) is 1.62. The van der Waals surface area contributed by atoms with Crippen LogP contribution in [0.1, 0.15) is 32.1 Å². The number of hydrogen-bond acceptors (Lipinski definition) is 6. The van der Waals surface area contributed by atoms with Crippen molar-refractivity contribution in [3.8, 4) is 0 Å². The molecule has 0 bridgehead atoms. The molecule has 2 rings (SSSR count). The number of hydrogen-bond donors (Lipinski definition) is 2. The van der Waals surface area contributed by atoms with Crippen molar-refractivity contribution < 1.29 is 9.21 Å². The molecule has 7 nitrogen and oxygen atoms in total. The fourth-order valence-electron chi connectivity index (χ4n) is 1.73. The molecule has 1 heterocycles. The molecule has 19 heavy (non-hydrogen) atoms. The summed E-state index contributed by atoms with van der Waals surface area (Å²) in [6.45, 7) is 3.59. The van der Waals surface area contributed by atoms with E-state index in [0.717, 1.165) is 6.42 Å². The van der Waals surface area contributed by atoms with Crippen LogP contribution >= 0.6 is 0 Å². The molecule has 0 aliphatic heterocycles. The zero-order valence-corrected chi connectivity index (χ0v) is 11.5. The number of aromatic nitrogens is 2. The Hall–Kier alpha value is -1.63. The van der Waals surface area contributed by atoms with Crippen LogP contribution in [0.2, 0.25) is 0 Å². The van der Waals surface area contributed by atoms with E-state index >= 15 is 0 Å². The van der Waals surface area contributed by atoms with Crippen LogP contribution in [0.5, 0.6) is 0 Å². The van der Waals surface area contributed by atoms with E-state index in [1.54, 1.807) is 11.9 Å². The molecule has 0 radical (unpaired) electrons. The molecule has 106 valence electrons. The van der Waals surface area contributed by atoms with Gasteiger partial charge in [-0.3, -0.25) is 4.79 Å². The molecule has 1 aromatic rings. The number of nitrogens with zero attached hydrogens (tertiary/aromatic N) is 3. The average molecular weight is 267 g/mol. The van der Waals surface area contributed by atoms with Gasteiger partial charge in [0, 0.05) is 19.6 Å². The topological polar surface area (TPSA) is 83.3 Å². The lowest BCUT2D eigenvalue weighted by Gasteiger charge is -2.17. The van der Waals surface area contributed by atoms with Crippen LogP contribution in [0, 0.1) is 0 Å². The van der Waals surface area contributed by atoms with Crippen molar-refractivity contribution in [2.75, 3.05) is 25.0 Å². The maximum atomic E-state index is 11.4. The summed E-state index contributed by atoms with van der Waals surface area (Å²) in [5, 5.41) is 13.9. The Bertz CT molecular complexity index is 416. The normalized spacial score (nSPS) is 14.4. The second-order valence-corrected chi connectivity index (χ2v) is 4.73. The van der Waals surface area contributed by atoms with Crippen molar-refractivity contribution in [1.82, 2.24) is 20.8 Å². The summed E-state index contributed by atoms with van der Waals surface area (Å²) in [5.41, 5.74) is 0. The summed E-state index contributed by atoms with van der Waals surface area (Å²) in [5.74, 6) is 0.504. The Balaban J connectivity index is 1.93. The highest BCUT2D eigenvalue weighted by Gasteiger charge is 2.22. The fraction of sp³-hybridized carbons (Fsp3) is 0.750. The lowest BCUT2D eigenvalue weighted by atomic mass is 10.4. The lowest BCUT2D eigenvalue weighted by Crippen LogP contribution is -2.36. The Morgan fingerprint density at radius 1 is 1.47 bits per heavy atom. The smallest absolute Gasteiger partial charge is 0.318 e. The third-order valence-electron chi connectivity index (χ3n) is 2.95. The molecular weight excluding hydrogens is 246 g/mol. The molecule has 0 saturated heterocycles. The molecule has 1 saturated carbocycles. The van der Waals surface area contributed by atoms with Gasteiger partial charge in [-0.25, -0.2) is 0 Å². The van der Waals surface area contributed by atoms with Crippen molar-refractivity contribution in [3.63, 3.8) is 0 Å². The Morgan fingerprint density at radius 3 is 2.89 bits per heavy atom. The molecule has 0 spiro atoms. The van der Waals surface area contributed by atoms with Crippen LogP contribution in [-0.2, 0) is 11.3 Å². The first kappa shape index (κ1) is 13.8. The fourth-order valence-corrected chi connectivity index (χ4v) is 1.73. The number of likely N-dealkylation sites (N-methyl/N-ethyl adjacent to an activating group) is 1. The van der Waals surface area contributed by atoms with Gasteiger partial charge < -0.3 is 20.0 Å². The Labute approximate surface area is 112 Å². The summed E-state index contributed by atoms with van der Waals surface area (Å²) in [4.78, 5) is 13.2. The highest BCUT2D eigenvalue weighted by atomic mass is 16.4. The SMILES string of the molecule is CCCN(CC(=O)NC)c1nnc(CNC2CC2)o1. The van der Waals surface area contributed by atoms with Gasteiger partial charge in [0.15, 0.2) is 0 Å². The number of anilines is 1. The molecule has 0 atom stereocenters. The van der Waals surface area contributed by atoms with Gasteiger partial charge in [-0.2, -0.15) is 0 Å². The molecule has 1 fully saturated rings. The van der Waals surface area contributed by atoms with Gasteiger partial charge in [0.2, 0.25) is 11.8 Å². The molecule has 7 heteroatoms. The first-order chi connectivity index (χ1) is 9.22. The molecule has 2 N–H and O–H groups in total. The van der Waals surface area contributed by atoms with Crippen molar-refractivity contribution in [3.05, 3.63) is 5.89 Å². The van der Waals surface area contributed by atoms with Gasteiger partial charge in [0.1, 0.15) is 6.54 Å². The standard InChI is InChI=1S/C12H21N5O2/c1-3-6-17(8-10(18)13-2)12-16-15-11(19-12)7-14-9-4-5-9/h9,14H,3-8H2,1-2H3,(H,13,18). The summed E-state index contributed by atoms with van der Waals surface area (Å²) in [6.07, 6.45) is 3.36. The summed E-state index contributed by atoms with van der Waals surface area (Å²) in [6, 6.07) is 1.02. The zero-order chi connectivity index (χ0) is 13.7. The minimum absolute atomic E-state index is 0.0655. The van der Waals surface area contributed by atoms with Gasteiger partial charge >= 0.3 is 6.01 Å². The second kappa shape index (κ2) is 6.51. The van der Waals surface area contributed by atoms with Crippen molar-refractivity contribution in [1.29, 1.82) is 0 Å². The molecule has 0 aromatic carbocycles. The summed E-state index contributed by atoms with van der Waals surface area (Å²) < 4.78 is 5.58. The third kappa shape index (κ3) is 4.20. The predicted molar refractivity (Wildman–Crippen MR) is 70.7 cm³/mol. The second-order valence-electron chi connectivity index (χ2n) is 4.73. The lowest BCUT2D eigenvalue weighted by molar-refractivity contribution is -0.119. The third-order valence-corrected chi connectivity index (χ3v) is 2.95. The molecule has 1 aromatic heterocycles.